The van der Waals surface area contributed by atoms with Crippen molar-refractivity contribution >= 4 is 32.3 Å². The number of sulfone groups is 1. The van der Waals surface area contributed by atoms with Crippen LogP contribution in [-0.2, 0) is 27.4 Å². The molecule has 1 heterocycles. The van der Waals surface area contributed by atoms with Crippen LogP contribution in [0.5, 0.6) is 5.75 Å². The number of hydrogen-bond donors (Lipinski definition) is 1. The Bertz CT molecular complexity index is 1460. The van der Waals surface area contributed by atoms with Gasteiger partial charge in [-0.25, -0.2) is 8.42 Å². The van der Waals surface area contributed by atoms with Gasteiger partial charge in [-0.2, -0.15) is 13.2 Å². The summed E-state index contributed by atoms with van der Waals surface area (Å²) in [7, 11) is -3.77. The Morgan fingerprint density at radius 2 is 1.61 bits per heavy atom. The number of nitrogens with one attached hydrogen (secondary N) is 1. The monoisotopic (exact) mass is 550 g/mol. The lowest BCUT2D eigenvalue weighted by molar-refractivity contribution is -0.141. The summed E-state index contributed by atoms with van der Waals surface area (Å²) in [5.41, 5.74) is -2.13. The molecule has 0 radical (unpaired) electrons. The van der Waals surface area contributed by atoms with Crippen LogP contribution in [0.15, 0.2) is 54.7 Å². The smallest absolute Gasteiger partial charge is 0.433 e. The topological polar surface area (TPSA) is 102 Å². The van der Waals surface area contributed by atoms with Crippen LogP contribution < -0.4 is 10.1 Å². The number of alkyl halides is 3. The first-order valence-corrected chi connectivity index (χ1v) is 13.3. The van der Waals surface area contributed by atoms with Crippen LogP contribution in [0.2, 0.25) is 0 Å². The van der Waals surface area contributed by atoms with Crippen LogP contribution in [0, 0.1) is 0 Å². The molecule has 0 aliphatic carbocycles. The molecule has 2 aromatic carbocycles. The van der Waals surface area contributed by atoms with E-state index in [2.05, 4.69) is 10.3 Å². The Morgan fingerprint density at radius 1 is 0.947 bits per heavy atom. The molecule has 0 aliphatic rings. The molecule has 11 heteroatoms. The summed E-state index contributed by atoms with van der Waals surface area (Å²) in [6, 6.07) is 12.3. The second-order valence-electron chi connectivity index (χ2n) is 10.4. The van der Waals surface area contributed by atoms with Crippen LogP contribution in [0.25, 0.3) is 10.8 Å². The van der Waals surface area contributed by atoms with Crippen molar-refractivity contribution in [2.75, 3.05) is 5.75 Å². The van der Waals surface area contributed by atoms with Gasteiger partial charge in [0.2, 0.25) is 0 Å². The van der Waals surface area contributed by atoms with Crippen LogP contribution in [-0.4, -0.2) is 41.1 Å². The van der Waals surface area contributed by atoms with Crippen molar-refractivity contribution in [3.05, 3.63) is 71.5 Å². The number of Topliss-reactive ketones (excluding diaryl/α,β-unsaturated/α-hetero) is 1. The molecule has 0 saturated heterocycles. The minimum Gasteiger partial charge on any atom is -0.487 e. The SMILES string of the molecule is CC(C)(NC(=O)c1ccc2ccccc2c1OCc1ccc(C(F)(F)F)nc1)C(=O)CS(=O)(=O)C(C)(C)C. The summed E-state index contributed by atoms with van der Waals surface area (Å²) in [5.74, 6) is -1.94. The quantitative estimate of drug-likeness (QED) is 0.418. The predicted octanol–water partition coefficient (Wildman–Crippen LogP) is 5.12. The van der Waals surface area contributed by atoms with Gasteiger partial charge < -0.3 is 10.1 Å². The third-order valence-electron chi connectivity index (χ3n) is 6.00. The highest BCUT2D eigenvalue weighted by molar-refractivity contribution is 7.93. The van der Waals surface area contributed by atoms with Crippen molar-refractivity contribution in [2.24, 2.45) is 0 Å². The number of ketones is 1. The fraction of sp³-hybridized carbons (Fsp3) is 0.370. The van der Waals surface area contributed by atoms with Crippen LogP contribution in [0.3, 0.4) is 0 Å². The highest BCUT2D eigenvalue weighted by Gasteiger charge is 2.38. The van der Waals surface area contributed by atoms with E-state index in [1.807, 2.05) is 0 Å². The lowest BCUT2D eigenvalue weighted by atomic mass is 9.98. The highest BCUT2D eigenvalue weighted by atomic mass is 32.2. The number of amides is 1. The fourth-order valence-electron chi connectivity index (χ4n) is 3.40. The molecule has 0 spiro atoms. The summed E-state index contributed by atoms with van der Waals surface area (Å²) < 4.78 is 68.4. The number of benzene rings is 2. The molecule has 0 fully saturated rings. The van der Waals surface area contributed by atoms with Gasteiger partial charge in [-0.1, -0.05) is 36.4 Å². The molecular weight excluding hydrogens is 521 g/mol. The van der Waals surface area contributed by atoms with Crippen LogP contribution >= 0.6 is 0 Å². The summed E-state index contributed by atoms with van der Waals surface area (Å²) >= 11 is 0. The van der Waals surface area contributed by atoms with E-state index < -0.39 is 49.4 Å². The Kier molecular flexibility index (Phi) is 7.93. The lowest BCUT2D eigenvalue weighted by Crippen LogP contribution is -2.53. The zero-order valence-electron chi connectivity index (χ0n) is 21.6. The Hall–Kier alpha value is -3.47. The van der Waals surface area contributed by atoms with E-state index in [1.54, 1.807) is 30.3 Å². The van der Waals surface area contributed by atoms with Gasteiger partial charge >= 0.3 is 6.18 Å². The van der Waals surface area contributed by atoms with Gasteiger partial charge in [0, 0.05) is 17.1 Å². The Morgan fingerprint density at radius 3 is 2.18 bits per heavy atom. The summed E-state index contributed by atoms with van der Waals surface area (Å²) in [6.45, 7) is 7.14. The maximum absolute atomic E-state index is 13.3. The first kappa shape index (κ1) is 29.1. The van der Waals surface area contributed by atoms with Gasteiger partial charge in [-0.15, -0.1) is 0 Å². The van der Waals surface area contributed by atoms with E-state index in [1.165, 1.54) is 46.8 Å². The van der Waals surface area contributed by atoms with Gasteiger partial charge in [-0.05, 0) is 52.1 Å². The third-order valence-corrected chi connectivity index (χ3v) is 8.51. The van der Waals surface area contributed by atoms with Crippen molar-refractivity contribution in [1.82, 2.24) is 10.3 Å². The van der Waals surface area contributed by atoms with Gasteiger partial charge in [-0.3, -0.25) is 14.6 Å². The number of pyridine rings is 1. The van der Waals surface area contributed by atoms with E-state index >= 15 is 0 Å². The molecular formula is C27H29F3N2O5S. The number of halogens is 3. The normalized spacial score (nSPS) is 12.8. The molecule has 1 N–H and O–H groups in total. The fourth-order valence-corrected chi connectivity index (χ4v) is 4.54. The molecule has 3 aromatic rings. The number of nitrogens with zero attached hydrogens (tertiary/aromatic N) is 1. The van der Waals surface area contributed by atoms with E-state index in [4.69, 9.17) is 4.74 Å². The third kappa shape index (κ3) is 6.50. The molecule has 0 bridgehead atoms. The van der Waals surface area contributed by atoms with Gasteiger partial charge in [0.1, 0.15) is 23.8 Å². The summed E-state index contributed by atoms with van der Waals surface area (Å²) in [5, 5.41) is 3.92. The Labute approximate surface area is 219 Å². The lowest BCUT2D eigenvalue weighted by Gasteiger charge is -2.27. The molecule has 204 valence electrons. The number of ether oxygens (including phenoxy) is 1. The molecule has 0 atom stereocenters. The number of aromatic nitrogens is 1. The van der Waals surface area contributed by atoms with E-state index in [0.29, 0.717) is 10.9 Å². The van der Waals surface area contributed by atoms with Crippen molar-refractivity contribution < 1.29 is 35.9 Å². The average Bonchev–Trinajstić information content (AvgIpc) is 2.80. The molecule has 0 saturated carbocycles. The van der Waals surface area contributed by atoms with Crippen molar-refractivity contribution in [3.63, 3.8) is 0 Å². The zero-order chi connectivity index (χ0) is 28.5. The van der Waals surface area contributed by atoms with E-state index in [-0.39, 0.29) is 17.9 Å². The van der Waals surface area contributed by atoms with Crippen molar-refractivity contribution in [3.8, 4) is 5.75 Å². The zero-order valence-corrected chi connectivity index (χ0v) is 22.5. The number of fused-ring (bicyclic) bond motifs is 1. The van der Waals surface area contributed by atoms with E-state index in [9.17, 15) is 31.2 Å². The molecule has 0 aliphatic heterocycles. The molecule has 1 amide bonds. The number of carbonyl (C=O) groups is 2. The molecule has 0 unspecified atom stereocenters. The van der Waals surface area contributed by atoms with E-state index in [0.717, 1.165) is 17.6 Å². The standard InChI is InChI=1S/C27H29F3N2O5S/c1-25(2,3)38(35,36)16-22(33)26(4,5)32-24(34)20-12-11-18-8-6-7-9-19(18)23(20)37-15-17-10-13-21(31-14-17)27(28,29)30/h6-14H,15-16H2,1-5H3,(H,32,34). The maximum atomic E-state index is 13.3. The molecule has 3 rings (SSSR count). The minimum atomic E-state index is -4.57. The molecule has 38 heavy (non-hydrogen) atoms. The summed E-state index contributed by atoms with van der Waals surface area (Å²) in [6.07, 6.45) is -3.53. The largest absolute Gasteiger partial charge is 0.487 e. The predicted molar refractivity (Wildman–Crippen MR) is 138 cm³/mol. The molecule has 1 aromatic heterocycles. The first-order valence-electron chi connectivity index (χ1n) is 11.7. The van der Waals surface area contributed by atoms with Crippen LogP contribution in [0.4, 0.5) is 13.2 Å². The number of hydrogen-bond acceptors (Lipinski definition) is 6. The second kappa shape index (κ2) is 10.4. The number of carbonyl (C=O) groups excluding carboxylic acids is 2. The molecule has 7 nitrogen and oxygen atoms in total. The second-order valence-corrected chi connectivity index (χ2v) is 13.1. The van der Waals surface area contributed by atoms with Crippen molar-refractivity contribution in [1.29, 1.82) is 0 Å². The maximum Gasteiger partial charge on any atom is 0.433 e. The van der Waals surface area contributed by atoms with Gasteiger partial charge in [0.25, 0.3) is 5.91 Å². The average molecular weight is 551 g/mol. The Balaban J connectivity index is 1.89. The first-order chi connectivity index (χ1) is 17.4. The highest BCUT2D eigenvalue weighted by Crippen LogP contribution is 2.32. The van der Waals surface area contributed by atoms with Gasteiger partial charge in [0.05, 0.1) is 15.8 Å². The van der Waals surface area contributed by atoms with Gasteiger partial charge in [0.15, 0.2) is 15.6 Å². The van der Waals surface area contributed by atoms with Crippen molar-refractivity contribution in [2.45, 2.75) is 57.7 Å². The summed E-state index contributed by atoms with van der Waals surface area (Å²) in [4.78, 5) is 29.6. The minimum absolute atomic E-state index is 0.0723. The number of rotatable bonds is 8. The van der Waals surface area contributed by atoms with Crippen LogP contribution in [0.1, 0.15) is 56.2 Å².